The third-order valence-electron chi connectivity index (χ3n) is 2.22. The molecule has 1 aliphatic heterocycles. The molecule has 0 atom stereocenters. The molecule has 5 heteroatoms. The Bertz CT molecular complexity index is 464. The number of nitrogens with one attached hydrogen (secondary N) is 1. The Morgan fingerprint density at radius 2 is 2.00 bits per heavy atom. The van der Waals surface area contributed by atoms with E-state index in [1.807, 2.05) is 30.3 Å². The lowest BCUT2D eigenvalue weighted by Gasteiger charge is -2.16. The second-order valence-corrected chi connectivity index (χ2v) is 3.29. The normalized spacial score (nSPS) is 17.9. The molecule has 1 heterocycles. The van der Waals surface area contributed by atoms with Crippen LogP contribution in [0.1, 0.15) is 6.92 Å². The van der Waals surface area contributed by atoms with Crippen molar-refractivity contribution < 1.29 is 4.84 Å². The van der Waals surface area contributed by atoms with Gasteiger partial charge >= 0.3 is 0 Å². The van der Waals surface area contributed by atoms with Gasteiger partial charge in [-0.15, -0.1) is 0 Å². The first-order valence-electron chi connectivity index (χ1n) is 4.84. The van der Waals surface area contributed by atoms with E-state index in [4.69, 9.17) is 10.2 Å². The van der Waals surface area contributed by atoms with Gasteiger partial charge in [-0.1, -0.05) is 18.2 Å². The van der Waals surface area contributed by atoms with Crippen LogP contribution in [0.15, 0.2) is 40.5 Å². The summed E-state index contributed by atoms with van der Waals surface area (Å²) in [6.45, 7) is 1.77. The van der Waals surface area contributed by atoms with Crippen molar-refractivity contribution >= 4 is 23.2 Å². The van der Waals surface area contributed by atoms with Gasteiger partial charge in [0.25, 0.3) is 5.96 Å². The molecule has 0 bridgehead atoms. The fourth-order valence-corrected chi connectivity index (χ4v) is 1.48. The summed E-state index contributed by atoms with van der Waals surface area (Å²) in [4.78, 5) is 10.5. The van der Waals surface area contributed by atoms with Crippen LogP contribution in [0.3, 0.4) is 0 Å². The van der Waals surface area contributed by atoms with Crippen molar-refractivity contribution in [3.8, 4) is 0 Å². The molecule has 2 rings (SSSR count). The molecule has 0 spiro atoms. The maximum Gasteiger partial charge on any atom is 0.272 e. The monoisotopic (exact) mass is 216 g/mol. The largest absolute Gasteiger partial charge is 0.396 e. The van der Waals surface area contributed by atoms with Crippen molar-refractivity contribution in [2.75, 3.05) is 12.0 Å². The fraction of sp³-hybridized carbons (Fsp3) is 0.182. The zero-order valence-corrected chi connectivity index (χ0v) is 9.14. The zero-order chi connectivity index (χ0) is 11.5. The molecule has 0 radical (unpaired) electrons. The average molecular weight is 216 g/mol. The van der Waals surface area contributed by atoms with Gasteiger partial charge in [0.05, 0.1) is 11.4 Å². The van der Waals surface area contributed by atoms with Crippen LogP contribution in [-0.2, 0) is 4.84 Å². The highest BCUT2D eigenvalue weighted by molar-refractivity contribution is 6.54. The van der Waals surface area contributed by atoms with E-state index in [2.05, 4.69) is 10.1 Å². The number of rotatable bonds is 2. The molecular weight excluding hydrogens is 204 g/mol. The lowest BCUT2D eigenvalue weighted by Crippen LogP contribution is -2.32. The summed E-state index contributed by atoms with van der Waals surface area (Å²) in [6.07, 6.45) is 0. The molecule has 0 amide bonds. The van der Waals surface area contributed by atoms with Gasteiger partial charge in [0.1, 0.15) is 7.11 Å². The highest BCUT2D eigenvalue weighted by Gasteiger charge is 2.27. The van der Waals surface area contributed by atoms with E-state index in [1.54, 1.807) is 11.8 Å². The molecule has 82 valence electrons. The number of benzene rings is 1. The second kappa shape index (κ2) is 4.14. The number of oxime groups is 1. The lowest BCUT2D eigenvalue weighted by atomic mass is 10.3. The van der Waals surface area contributed by atoms with Gasteiger partial charge in [-0.2, -0.15) is 0 Å². The number of amidine groups is 1. The SMILES string of the molecule is CON=C1N=C(C)C(=N)N1c1ccccc1. The van der Waals surface area contributed by atoms with E-state index in [0.717, 1.165) is 5.69 Å². The highest BCUT2D eigenvalue weighted by atomic mass is 16.6. The minimum atomic E-state index is 0.321. The highest BCUT2D eigenvalue weighted by Crippen LogP contribution is 2.19. The summed E-state index contributed by atoms with van der Waals surface area (Å²) in [6, 6.07) is 9.52. The Labute approximate surface area is 93.6 Å². The van der Waals surface area contributed by atoms with Gasteiger partial charge in [-0.25, -0.2) is 4.99 Å². The molecule has 0 saturated carbocycles. The van der Waals surface area contributed by atoms with Gasteiger partial charge in [0.15, 0.2) is 5.84 Å². The van der Waals surface area contributed by atoms with E-state index < -0.39 is 0 Å². The van der Waals surface area contributed by atoms with E-state index in [1.165, 1.54) is 7.11 Å². The van der Waals surface area contributed by atoms with E-state index in [9.17, 15) is 0 Å². The van der Waals surface area contributed by atoms with Crippen LogP contribution >= 0.6 is 0 Å². The van der Waals surface area contributed by atoms with Crippen molar-refractivity contribution in [3.05, 3.63) is 30.3 Å². The topological polar surface area (TPSA) is 61.0 Å². The summed E-state index contributed by atoms with van der Waals surface area (Å²) in [5, 5.41) is 11.7. The first-order chi connectivity index (χ1) is 7.74. The standard InChI is InChI=1S/C11H12N4O/c1-8-10(12)15(11(13-8)14-16-2)9-6-4-3-5-7-9/h3-7,12H,1-2H3. The van der Waals surface area contributed by atoms with Crippen molar-refractivity contribution in [3.63, 3.8) is 0 Å². The van der Waals surface area contributed by atoms with Crippen LogP contribution < -0.4 is 4.90 Å². The summed E-state index contributed by atoms with van der Waals surface area (Å²) in [5.74, 6) is 0.707. The first kappa shape index (κ1) is 10.4. The van der Waals surface area contributed by atoms with Crippen molar-refractivity contribution in [1.82, 2.24) is 0 Å². The quantitative estimate of drug-likeness (QED) is 0.767. The number of anilines is 1. The molecular formula is C11H12N4O. The average Bonchev–Trinajstić information content (AvgIpc) is 2.57. The van der Waals surface area contributed by atoms with Crippen LogP contribution in [0.2, 0.25) is 0 Å². The zero-order valence-electron chi connectivity index (χ0n) is 9.14. The first-order valence-corrected chi connectivity index (χ1v) is 4.84. The third-order valence-corrected chi connectivity index (χ3v) is 2.22. The Hall–Kier alpha value is -2.17. The van der Waals surface area contributed by atoms with Crippen molar-refractivity contribution in [2.24, 2.45) is 10.1 Å². The Morgan fingerprint density at radius 1 is 1.31 bits per heavy atom. The van der Waals surface area contributed by atoms with Crippen molar-refractivity contribution in [2.45, 2.75) is 6.92 Å². The summed E-state index contributed by atoms with van der Waals surface area (Å²) >= 11 is 0. The van der Waals surface area contributed by atoms with Crippen LogP contribution in [0.4, 0.5) is 5.69 Å². The van der Waals surface area contributed by atoms with Gasteiger partial charge in [-0.05, 0) is 24.2 Å². The molecule has 1 aromatic rings. The summed E-state index contributed by atoms with van der Waals surface area (Å²) in [5.41, 5.74) is 1.48. The Kier molecular flexibility index (Phi) is 2.68. The van der Waals surface area contributed by atoms with E-state index >= 15 is 0 Å². The van der Waals surface area contributed by atoms with Crippen LogP contribution in [-0.4, -0.2) is 24.6 Å². The predicted molar refractivity (Wildman–Crippen MR) is 64.2 cm³/mol. The third kappa shape index (κ3) is 1.67. The number of para-hydroxylation sites is 1. The molecule has 0 saturated heterocycles. The number of hydrogen-bond acceptors (Lipinski definition) is 3. The van der Waals surface area contributed by atoms with Gasteiger partial charge in [-0.3, -0.25) is 10.3 Å². The van der Waals surface area contributed by atoms with Crippen LogP contribution in [0, 0.1) is 5.41 Å². The van der Waals surface area contributed by atoms with Gasteiger partial charge in [0, 0.05) is 0 Å². The summed E-state index contributed by atoms with van der Waals surface area (Å²) < 4.78 is 0. The van der Waals surface area contributed by atoms with E-state index in [-0.39, 0.29) is 0 Å². The molecule has 0 aliphatic carbocycles. The molecule has 16 heavy (non-hydrogen) atoms. The van der Waals surface area contributed by atoms with Gasteiger partial charge < -0.3 is 4.84 Å². The molecule has 0 unspecified atom stereocenters. The number of nitrogens with zero attached hydrogens (tertiary/aromatic N) is 3. The predicted octanol–water partition coefficient (Wildman–Crippen LogP) is 1.86. The lowest BCUT2D eigenvalue weighted by molar-refractivity contribution is 0.212. The number of aliphatic imine (C=N–C) groups is 1. The maximum absolute atomic E-state index is 7.92. The van der Waals surface area contributed by atoms with E-state index in [0.29, 0.717) is 17.5 Å². The molecule has 1 N–H and O–H groups in total. The Balaban J connectivity index is 2.41. The second-order valence-electron chi connectivity index (χ2n) is 3.29. The molecule has 0 fully saturated rings. The minimum absolute atomic E-state index is 0.321. The van der Waals surface area contributed by atoms with Crippen LogP contribution in [0.25, 0.3) is 0 Å². The minimum Gasteiger partial charge on any atom is -0.396 e. The fourth-order valence-electron chi connectivity index (χ4n) is 1.48. The van der Waals surface area contributed by atoms with Gasteiger partial charge in [0.2, 0.25) is 0 Å². The molecule has 1 aromatic carbocycles. The molecule has 1 aliphatic rings. The smallest absolute Gasteiger partial charge is 0.272 e. The summed E-state index contributed by atoms with van der Waals surface area (Å²) in [7, 11) is 1.46. The molecule has 0 aromatic heterocycles. The van der Waals surface area contributed by atoms with Crippen LogP contribution in [0.5, 0.6) is 0 Å². The maximum atomic E-state index is 7.92. The van der Waals surface area contributed by atoms with Crippen molar-refractivity contribution in [1.29, 1.82) is 5.41 Å². The number of guanidine groups is 1. The molecule has 5 nitrogen and oxygen atoms in total. The Morgan fingerprint density at radius 3 is 2.62 bits per heavy atom. The number of hydrogen-bond donors (Lipinski definition) is 1.